The Morgan fingerprint density at radius 1 is 1.10 bits per heavy atom. The molecule has 0 fully saturated rings. The molecule has 148 valence electrons. The molecule has 0 atom stereocenters. The number of aromatic amines is 1. The van der Waals surface area contributed by atoms with Crippen molar-refractivity contribution in [1.29, 1.82) is 0 Å². The standard InChI is InChI=1S/C23H18N4O2S/c1-14-12-18(28)27-23(25-14)19(20(26-27)17-10-6-7-11-24-17)22-21(29-2)16(13-30-22)15-8-4-3-5-9-15/h3-13,26H,1-2H3. The Labute approximate surface area is 176 Å². The van der Waals surface area contributed by atoms with E-state index in [2.05, 4.69) is 32.6 Å². The predicted molar refractivity (Wildman–Crippen MR) is 119 cm³/mol. The number of thiophene rings is 1. The second-order valence-electron chi connectivity index (χ2n) is 6.85. The summed E-state index contributed by atoms with van der Waals surface area (Å²) in [4.78, 5) is 22.7. The zero-order valence-corrected chi connectivity index (χ0v) is 17.2. The summed E-state index contributed by atoms with van der Waals surface area (Å²) in [6.45, 7) is 1.82. The molecule has 1 aromatic carbocycles. The molecule has 7 heteroatoms. The van der Waals surface area contributed by atoms with E-state index in [0.29, 0.717) is 11.3 Å². The third-order valence-corrected chi connectivity index (χ3v) is 5.91. The van der Waals surface area contributed by atoms with Crippen molar-refractivity contribution in [2.75, 3.05) is 7.11 Å². The van der Waals surface area contributed by atoms with Crippen LogP contribution in [0.4, 0.5) is 0 Å². The highest BCUT2D eigenvalue weighted by molar-refractivity contribution is 7.14. The van der Waals surface area contributed by atoms with E-state index < -0.39 is 0 Å². The monoisotopic (exact) mass is 414 g/mol. The molecule has 0 saturated carbocycles. The number of nitrogens with one attached hydrogen (secondary N) is 1. The second-order valence-corrected chi connectivity index (χ2v) is 7.73. The number of ether oxygens (including phenoxy) is 1. The molecule has 0 aliphatic carbocycles. The molecule has 0 spiro atoms. The lowest BCUT2D eigenvalue weighted by molar-refractivity contribution is 0.420. The molecule has 0 radical (unpaired) electrons. The van der Waals surface area contributed by atoms with Gasteiger partial charge in [0.25, 0.3) is 5.56 Å². The first kappa shape index (κ1) is 18.3. The van der Waals surface area contributed by atoms with Crippen LogP contribution >= 0.6 is 11.3 Å². The number of pyridine rings is 1. The summed E-state index contributed by atoms with van der Waals surface area (Å²) in [5.74, 6) is 0.751. The molecule has 5 aromatic rings. The summed E-state index contributed by atoms with van der Waals surface area (Å²) < 4.78 is 7.32. The smallest absolute Gasteiger partial charge is 0.272 e. The minimum atomic E-state index is -0.167. The van der Waals surface area contributed by atoms with Crippen LogP contribution in [-0.2, 0) is 0 Å². The molecule has 0 aliphatic heterocycles. The fourth-order valence-electron chi connectivity index (χ4n) is 3.60. The number of nitrogens with zero attached hydrogens (tertiary/aromatic N) is 3. The van der Waals surface area contributed by atoms with Crippen LogP contribution in [0, 0.1) is 6.92 Å². The van der Waals surface area contributed by atoms with E-state index >= 15 is 0 Å². The molecule has 1 N–H and O–H groups in total. The Morgan fingerprint density at radius 2 is 1.90 bits per heavy atom. The van der Waals surface area contributed by atoms with Crippen LogP contribution in [0.1, 0.15) is 5.69 Å². The van der Waals surface area contributed by atoms with E-state index in [1.807, 2.05) is 43.3 Å². The van der Waals surface area contributed by atoms with Gasteiger partial charge in [-0.25, -0.2) is 9.50 Å². The zero-order valence-electron chi connectivity index (χ0n) is 16.4. The van der Waals surface area contributed by atoms with Crippen LogP contribution in [0.25, 0.3) is 38.6 Å². The highest BCUT2D eigenvalue weighted by Gasteiger charge is 2.25. The number of hydrogen-bond donors (Lipinski definition) is 1. The lowest BCUT2D eigenvalue weighted by Crippen LogP contribution is -2.14. The van der Waals surface area contributed by atoms with Crippen molar-refractivity contribution in [2.45, 2.75) is 6.92 Å². The number of aryl methyl sites for hydroxylation is 1. The largest absolute Gasteiger partial charge is 0.495 e. The quantitative estimate of drug-likeness (QED) is 0.459. The fourth-order valence-corrected chi connectivity index (χ4v) is 4.69. The molecule has 0 aliphatic rings. The minimum Gasteiger partial charge on any atom is -0.495 e. The Morgan fingerprint density at radius 3 is 2.63 bits per heavy atom. The molecule has 5 rings (SSSR count). The van der Waals surface area contributed by atoms with Crippen LogP contribution < -0.4 is 10.3 Å². The normalized spacial score (nSPS) is 11.1. The van der Waals surface area contributed by atoms with E-state index in [-0.39, 0.29) is 5.56 Å². The Hall–Kier alpha value is -3.71. The van der Waals surface area contributed by atoms with Gasteiger partial charge in [0.1, 0.15) is 5.75 Å². The lowest BCUT2D eigenvalue weighted by Gasteiger charge is -2.07. The first-order valence-corrected chi connectivity index (χ1v) is 10.3. The third kappa shape index (κ3) is 2.91. The van der Waals surface area contributed by atoms with Crippen molar-refractivity contribution < 1.29 is 4.74 Å². The molecule has 4 heterocycles. The van der Waals surface area contributed by atoms with Crippen LogP contribution in [-0.4, -0.2) is 26.7 Å². The summed E-state index contributed by atoms with van der Waals surface area (Å²) in [7, 11) is 1.66. The summed E-state index contributed by atoms with van der Waals surface area (Å²) in [6, 6.07) is 17.3. The van der Waals surface area contributed by atoms with E-state index in [4.69, 9.17) is 4.74 Å². The molecule has 0 saturated heterocycles. The number of fused-ring (bicyclic) bond motifs is 1. The molecule has 0 amide bonds. The molecular weight excluding hydrogens is 396 g/mol. The van der Waals surface area contributed by atoms with Crippen LogP contribution in [0.15, 0.2) is 71.0 Å². The minimum absolute atomic E-state index is 0.167. The van der Waals surface area contributed by atoms with Gasteiger partial charge in [-0.15, -0.1) is 11.3 Å². The van der Waals surface area contributed by atoms with Gasteiger partial charge in [-0.2, -0.15) is 0 Å². The fraction of sp³-hybridized carbons (Fsp3) is 0.0870. The molecule has 6 nitrogen and oxygen atoms in total. The summed E-state index contributed by atoms with van der Waals surface area (Å²) >= 11 is 1.56. The van der Waals surface area contributed by atoms with Crippen molar-refractivity contribution in [3.8, 4) is 38.7 Å². The molecule has 30 heavy (non-hydrogen) atoms. The zero-order chi connectivity index (χ0) is 20.7. The van der Waals surface area contributed by atoms with E-state index in [9.17, 15) is 4.79 Å². The number of methoxy groups -OCH3 is 1. The van der Waals surface area contributed by atoms with Gasteiger partial charge in [0, 0.05) is 28.9 Å². The van der Waals surface area contributed by atoms with Crippen molar-refractivity contribution in [3.05, 3.63) is 82.2 Å². The first-order valence-electron chi connectivity index (χ1n) is 9.42. The maximum Gasteiger partial charge on any atom is 0.272 e. The highest BCUT2D eigenvalue weighted by atomic mass is 32.1. The Balaban J connectivity index is 1.85. The summed E-state index contributed by atoms with van der Waals surface area (Å²) in [5.41, 5.74) is 5.37. The third-order valence-electron chi connectivity index (χ3n) is 4.93. The molecule has 0 unspecified atom stereocenters. The van der Waals surface area contributed by atoms with Gasteiger partial charge >= 0.3 is 0 Å². The summed E-state index contributed by atoms with van der Waals surface area (Å²) in [6.07, 6.45) is 1.73. The van der Waals surface area contributed by atoms with Gasteiger partial charge in [0.05, 0.1) is 28.9 Å². The maximum atomic E-state index is 12.7. The lowest BCUT2D eigenvalue weighted by atomic mass is 10.0. The van der Waals surface area contributed by atoms with E-state index in [1.165, 1.54) is 10.6 Å². The Kier molecular flexibility index (Phi) is 4.44. The average molecular weight is 414 g/mol. The summed E-state index contributed by atoms with van der Waals surface area (Å²) in [5, 5.41) is 5.28. The van der Waals surface area contributed by atoms with Gasteiger partial charge in [-0.1, -0.05) is 36.4 Å². The molecule has 0 bridgehead atoms. The maximum absolute atomic E-state index is 12.7. The number of H-pyrrole nitrogens is 1. The first-order chi connectivity index (χ1) is 14.7. The number of benzene rings is 1. The molecule has 4 aromatic heterocycles. The van der Waals surface area contributed by atoms with Gasteiger partial charge in [-0.05, 0) is 24.6 Å². The topological polar surface area (TPSA) is 72.3 Å². The van der Waals surface area contributed by atoms with Crippen molar-refractivity contribution >= 4 is 17.0 Å². The Bertz CT molecular complexity index is 1400. The van der Waals surface area contributed by atoms with Crippen LogP contribution in [0.2, 0.25) is 0 Å². The van der Waals surface area contributed by atoms with E-state index in [1.54, 1.807) is 24.6 Å². The van der Waals surface area contributed by atoms with Crippen LogP contribution in [0.3, 0.4) is 0 Å². The highest BCUT2D eigenvalue weighted by Crippen LogP contribution is 2.47. The number of hydrogen-bond acceptors (Lipinski definition) is 5. The SMILES string of the molecule is COc1c(-c2ccccc2)csc1-c1c(-c2ccccn2)[nH]n2c(=O)cc(C)nc12. The van der Waals surface area contributed by atoms with Crippen LogP contribution in [0.5, 0.6) is 5.75 Å². The van der Waals surface area contributed by atoms with Crippen molar-refractivity contribution in [3.63, 3.8) is 0 Å². The number of rotatable bonds is 4. The molecular formula is C23H18N4O2S. The predicted octanol–water partition coefficient (Wildman–Crippen LogP) is 4.80. The van der Waals surface area contributed by atoms with Gasteiger partial charge in [0.2, 0.25) is 0 Å². The average Bonchev–Trinajstić information content (AvgIpc) is 3.36. The second kappa shape index (κ2) is 7.27. The number of aromatic nitrogens is 4. The van der Waals surface area contributed by atoms with Gasteiger partial charge in [0.15, 0.2) is 5.65 Å². The van der Waals surface area contributed by atoms with Gasteiger partial charge < -0.3 is 4.74 Å². The van der Waals surface area contributed by atoms with Crippen molar-refractivity contribution in [1.82, 2.24) is 19.6 Å². The van der Waals surface area contributed by atoms with Crippen molar-refractivity contribution in [2.24, 2.45) is 0 Å². The van der Waals surface area contributed by atoms with Gasteiger partial charge in [-0.3, -0.25) is 14.9 Å². The van der Waals surface area contributed by atoms with E-state index in [0.717, 1.165) is 38.7 Å².